The Morgan fingerprint density at radius 3 is 2.57 bits per heavy atom. The van der Waals surface area contributed by atoms with E-state index in [1.807, 2.05) is 24.3 Å². The van der Waals surface area contributed by atoms with Gasteiger partial charge in [0.05, 0.1) is 10.6 Å². The monoisotopic (exact) mass is 345 g/mol. The second kappa shape index (κ2) is 5.41. The highest BCUT2D eigenvalue weighted by Crippen LogP contribution is 2.23. The first-order valence-electron chi connectivity index (χ1n) is 5.94. The Bertz CT molecular complexity index is 800. The summed E-state index contributed by atoms with van der Waals surface area (Å²) >= 11 is 3.40. The molecule has 0 bridgehead atoms. The van der Waals surface area contributed by atoms with Crippen LogP contribution < -0.4 is 0 Å². The molecule has 0 spiro atoms. The van der Waals surface area contributed by atoms with Gasteiger partial charge in [-0.05, 0) is 34.7 Å². The minimum Gasteiger partial charge on any atom is -0.258 e. The summed E-state index contributed by atoms with van der Waals surface area (Å²) in [4.78, 5) is 10.2. The number of nitro benzene ring substituents is 1. The summed E-state index contributed by atoms with van der Waals surface area (Å²) in [5.74, 6) is 0.560. The predicted molar refractivity (Wildman–Crippen MR) is 78.9 cm³/mol. The molecular weight excluding hydrogens is 338 g/mol. The Hall–Kier alpha value is -2.61. The standard InChI is InChI=1S/C13H8BrN5O2/c14-10-3-1-2-9(8-10)13-15-16-17-18(13)11-4-6-12(7-5-11)19(20)21/h1-8H. The SMILES string of the molecule is O=[N+]([O-])c1ccc(-n2nnnc2-c2cccc(Br)c2)cc1. The highest BCUT2D eigenvalue weighted by atomic mass is 79.9. The van der Waals surface area contributed by atoms with Crippen LogP contribution in [0, 0.1) is 10.1 Å². The van der Waals surface area contributed by atoms with E-state index in [1.165, 1.54) is 16.8 Å². The fourth-order valence-corrected chi connectivity index (χ4v) is 2.28. The smallest absolute Gasteiger partial charge is 0.258 e. The molecule has 8 heteroatoms. The van der Waals surface area contributed by atoms with Crippen molar-refractivity contribution in [1.29, 1.82) is 0 Å². The van der Waals surface area contributed by atoms with Gasteiger partial charge in [0.2, 0.25) is 0 Å². The molecule has 0 aliphatic heterocycles. The molecule has 7 nitrogen and oxygen atoms in total. The molecule has 3 rings (SSSR count). The number of hydrogen-bond donors (Lipinski definition) is 0. The maximum absolute atomic E-state index is 10.7. The van der Waals surface area contributed by atoms with E-state index in [1.54, 1.807) is 12.1 Å². The highest BCUT2D eigenvalue weighted by molar-refractivity contribution is 9.10. The third kappa shape index (κ3) is 2.65. The van der Waals surface area contributed by atoms with Gasteiger partial charge in [0.1, 0.15) is 0 Å². The number of tetrazole rings is 1. The maximum Gasteiger partial charge on any atom is 0.269 e. The van der Waals surface area contributed by atoms with E-state index in [0.29, 0.717) is 11.5 Å². The van der Waals surface area contributed by atoms with Gasteiger partial charge in [0.15, 0.2) is 5.82 Å². The second-order valence-corrected chi connectivity index (χ2v) is 5.11. The molecule has 0 radical (unpaired) electrons. The Kier molecular flexibility index (Phi) is 3.44. The maximum atomic E-state index is 10.7. The van der Waals surface area contributed by atoms with Crippen LogP contribution in [0.3, 0.4) is 0 Å². The zero-order valence-corrected chi connectivity index (χ0v) is 12.1. The van der Waals surface area contributed by atoms with Crippen molar-refractivity contribution in [1.82, 2.24) is 20.2 Å². The van der Waals surface area contributed by atoms with E-state index in [9.17, 15) is 10.1 Å². The number of aromatic nitrogens is 4. The van der Waals surface area contributed by atoms with Crippen LogP contribution in [0.4, 0.5) is 5.69 Å². The molecule has 1 heterocycles. The van der Waals surface area contributed by atoms with Crippen LogP contribution in [0.15, 0.2) is 53.0 Å². The van der Waals surface area contributed by atoms with Crippen molar-refractivity contribution in [3.8, 4) is 17.1 Å². The van der Waals surface area contributed by atoms with Gasteiger partial charge in [0.25, 0.3) is 5.69 Å². The minimum absolute atomic E-state index is 0.0239. The lowest BCUT2D eigenvalue weighted by molar-refractivity contribution is -0.384. The lowest BCUT2D eigenvalue weighted by Crippen LogP contribution is -2.00. The van der Waals surface area contributed by atoms with E-state index in [2.05, 4.69) is 31.5 Å². The molecule has 0 amide bonds. The minimum atomic E-state index is -0.446. The molecule has 0 unspecified atom stereocenters. The van der Waals surface area contributed by atoms with Gasteiger partial charge >= 0.3 is 0 Å². The molecule has 0 atom stereocenters. The molecule has 104 valence electrons. The first-order valence-corrected chi connectivity index (χ1v) is 6.73. The Balaban J connectivity index is 2.04. The number of hydrogen-bond acceptors (Lipinski definition) is 5. The summed E-state index contributed by atoms with van der Waals surface area (Å²) in [6, 6.07) is 13.6. The first kappa shape index (κ1) is 13.4. The van der Waals surface area contributed by atoms with Gasteiger partial charge in [-0.15, -0.1) is 5.10 Å². The lowest BCUT2D eigenvalue weighted by Gasteiger charge is -2.04. The fourth-order valence-electron chi connectivity index (χ4n) is 1.88. The van der Waals surface area contributed by atoms with E-state index in [0.717, 1.165) is 10.0 Å². The summed E-state index contributed by atoms with van der Waals surface area (Å²) in [5.41, 5.74) is 1.52. The van der Waals surface area contributed by atoms with E-state index >= 15 is 0 Å². The van der Waals surface area contributed by atoms with E-state index < -0.39 is 4.92 Å². The average molecular weight is 346 g/mol. The molecule has 0 aliphatic carbocycles. The van der Waals surface area contributed by atoms with Crippen LogP contribution in [0.2, 0.25) is 0 Å². The Labute approximate surface area is 127 Å². The first-order chi connectivity index (χ1) is 10.1. The van der Waals surface area contributed by atoms with Gasteiger partial charge in [-0.2, -0.15) is 4.68 Å². The summed E-state index contributed by atoms with van der Waals surface area (Å²) in [5, 5.41) is 22.3. The average Bonchev–Trinajstić information content (AvgIpc) is 2.97. The van der Waals surface area contributed by atoms with E-state index in [4.69, 9.17) is 0 Å². The largest absolute Gasteiger partial charge is 0.269 e. The number of nitrogens with zero attached hydrogens (tertiary/aromatic N) is 5. The predicted octanol–water partition coefficient (Wildman–Crippen LogP) is 3.00. The van der Waals surface area contributed by atoms with Crippen LogP contribution in [0.1, 0.15) is 0 Å². The van der Waals surface area contributed by atoms with Crippen LogP contribution >= 0.6 is 15.9 Å². The molecular formula is C13H8BrN5O2. The van der Waals surface area contributed by atoms with Crippen LogP contribution in [0.5, 0.6) is 0 Å². The Morgan fingerprint density at radius 1 is 1.14 bits per heavy atom. The zero-order chi connectivity index (χ0) is 14.8. The third-order valence-electron chi connectivity index (χ3n) is 2.86. The van der Waals surface area contributed by atoms with Crippen molar-refractivity contribution < 1.29 is 4.92 Å². The lowest BCUT2D eigenvalue weighted by atomic mass is 10.2. The highest BCUT2D eigenvalue weighted by Gasteiger charge is 2.12. The van der Waals surface area contributed by atoms with Gasteiger partial charge in [-0.3, -0.25) is 10.1 Å². The molecule has 0 N–H and O–H groups in total. The number of rotatable bonds is 3. The number of nitro groups is 1. The zero-order valence-electron chi connectivity index (χ0n) is 10.5. The summed E-state index contributed by atoms with van der Waals surface area (Å²) < 4.78 is 2.45. The number of non-ortho nitro benzene ring substituents is 1. The van der Waals surface area contributed by atoms with Crippen LogP contribution in [0.25, 0.3) is 17.1 Å². The summed E-state index contributed by atoms with van der Waals surface area (Å²) in [6.07, 6.45) is 0. The van der Waals surface area contributed by atoms with Crippen molar-refractivity contribution in [2.45, 2.75) is 0 Å². The number of halogens is 1. The molecule has 0 aliphatic rings. The molecule has 21 heavy (non-hydrogen) atoms. The normalized spacial score (nSPS) is 10.5. The van der Waals surface area contributed by atoms with Gasteiger partial charge in [-0.25, -0.2) is 0 Å². The molecule has 0 saturated carbocycles. The quantitative estimate of drug-likeness (QED) is 0.537. The van der Waals surface area contributed by atoms with Crippen LogP contribution in [-0.4, -0.2) is 25.1 Å². The molecule has 1 aromatic heterocycles. The second-order valence-electron chi connectivity index (χ2n) is 4.20. The molecule has 2 aromatic carbocycles. The Morgan fingerprint density at radius 2 is 1.90 bits per heavy atom. The molecule has 3 aromatic rings. The van der Waals surface area contributed by atoms with Gasteiger partial charge in [-0.1, -0.05) is 28.1 Å². The van der Waals surface area contributed by atoms with Crippen molar-refractivity contribution >= 4 is 21.6 Å². The molecule has 0 fully saturated rings. The third-order valence-corrected chi connectivity index (χ3v) is 3.35. The van der Waals surface area contributed by atoms with Crippen LogP contribution in [-0.2, 0) is 0 Å². The topological polar surface area (TPSA) is 86.7 Å². The fraction of sp³-hybridized carbons (Fsp3) is 0. The van der Waals surface area contributed by atoms with Crippen molar-refractivity contribution in [3.05, 3.63) is 63.1 Å². The van der Waals surface area contributed by atoms with Crippen molar-refractivity contribution in [2.75, 3.05) is 0 Å². The van der Waals surface area contributed by atoms with Gasteiger partial charge < -0.3 is 0 Å². The van der Waals surface area contributed by atoms with E-state index in [-0.39, 0.29) is 5.69 Å². The number of benzene rings is 2. The summed E-state index contributed by atoms with van der Waals surface area (Å²) in [7, 11) is 0. The van der Waals surface area contributed by atoms with Gasteiger partial charge in [0, 0.05) is 22.2 Å². The van der Waals surface area contributed by atoms with Crippen molar-refractivity contribution in [3.63, 3.8) is 0 Å². The molecule has 0 saturated heterocycles. The van der Waals surface area contributed by atoms with Crippen molar-refractivity contribution in [2.24, 2.45) is 0 Å². The summed E-state index contributed by atoms with van der Waals surface area (Å²) in [6.45, 7) is 0.